The van der Waals surface area contributed by atoms with Gasteiger partial charge in [0.1, 0.15) is 18.1 Å². The molecule has 0 spiro atoms. The lowest BCUT2D eigenvalue weighted by atomic mass is 10.2. The summed E-state index contributed by atoms with van der Waals surface area (Å²) in [6.45, 7) is 0.433. The summed E-state index contributed by atoms with van der Waals surface area (Å²) in [5.41, 5.74) is 1.99. The van der Waals surface area contributed by atoms with Crippen molar-refractivity contribution in [3.05, 3.63) is 57.0 Å². The first-order valence-corrected chi connectivity index (χ1v) is 7.64. The summed E-state index contributed by atoms with van der Waals surface area (Å²) in [6.07, 6.45) is 0. The molecule has 2 aromatic carbocycles. The number of benzene rings is 2. The lowest BCUT2D eigenvalue weighted by Gasteiger charge is -2.10. The molecule has 0 fully saturated rings. The van der Waals surface area contributed by atoms with Crippen molar-refractivity contribution in [1.82, 2.24) is 0 Å². The lowest BCUT2D eigenvalue weighted by molar-refractivity contribution is 0.306. The fourth-order valence-electron chi connectivity index (χ4n) is 1.71. The third-order valence-corrected chi connectivity index (χ3v) is 3.98. The van der Waals surface area contributed by atoms with E-state index in [2.05, 4.69) is 15.9 Å². The van der Waals surface area contributed by atoms with Crippen LogP contribution in [0.5, 0.6) is 11.5 Å². The van der Waals surface area contributed by atoms with Gasteiger partial charge in [-0.1, -0.05) is 23.7 Å². The van der Waals surface area contributed by atoms with Crippen LogP contribution >= 0.6 is 39.1 Å². The Morgan fingerprint density at radius 1 is 1.05 bits per heavy atom. The van der Waals surface area contributed by atoms with Crippen LogP contribution in [-0.4, -0.2) is 7.11 Å². The van der Waals surface area contributed by atoms with Gasteiger partial charge in [0.15, 0.2) is 0 Å². The summed E-state index contributed by atoms with van der Waals surface area (Å²) in [5, 5.41) is 0.565. The molecule has 0 atom stereocenters. The largest absolute Gasteiger partial charge is 0.496 e. The van der Waals surface area contributed by atoms with Gasteiger partial charge in [-0.3, -0.25) is 0 Å². The summed E-state index contributed by atoms with van der Waals surface area (Å²) >= 11 is 15.3. The van der Waals surface area contributed by atoms with Crippen LogP contribution in [0.3, 0.4) is 0 Å². The zero-order chi connectivity index (χ0) is 14.5. The molecule has 2 aromatic rings. The highest BCUT2D eigenvalue weighted by atomic mass is 79.9. The Morgan fingerprint density at radius 2 is 1.75 bits per heavy atom. The fourth-order valence-corrected chi connectivity index (χ4v) is 2.72. The van der Waals surface area contributed by atoms with Crippen LogP contribution in [0.25, 0.3) is 0 Å². The first-order chi connectivity index (χ1) is 9.63. The average Bonchev–Trinajstić information content (AvgIpc) is 2.46. The molecule has 2 rings (SSSR count). The summed E-state index contributed by atoms with van der Waals surface area (Å²) in [7, 11) is 1.63. The maximum absolute atomic E-state index is 6.14. The van der Waals surface area contributed by atoms with Crippen molar-refractivity contribution in [3.63, 3.8) is 0 Å². The molecule has 0 unspecified atom stereocenters. The highest BCUT2D eigenvalue weighted by molar-refractivity contribution is 9.10. The van der Waals surface area contributed by atoms with Crippen molar-refractivity contribution in [2.75, 3.05) is 7.11 Å². The molecule has 0 radical (unpaired) electrons. The SMILES string of the molecule is COc1ccc(COc2ccc(CCl)cc2Cl)cc1Br. The van der Waals surface area contributed by atoms with Crippen molar-refractivity contribution in [2.24, 2.45) is 0 Å². The minimum absolute atomic E-state index is 0.433. The van der Waals surface area contributed by atoms with Gasteiger partial charge in [0.25, 0.3) is 0 Å². The first kappa shape index (κ1) is 15.5. The molecule has 0 saturated heterocycles. The van der Waals surface area contributed by atoms with Crippen LogP contribution in [-0.2, 0) is 12.5 Å². The van der Waals surface area contributed by atoms with Crippen LogP contribution < -0.4 is 9.47 Å². The lowest BCUT2D eigenvalue weighted by Crippen LogP contribution is -1.97. The van der Waals surface area contributed by atoms with Gasteiger partial charge in [0.05, 0.1) is 16.6 Å². The summed E-state index contributed by atoms with van der Waals surface area (Å²) in [5.74, 6) is 1.87. The zero-order valence-electron chi connectivity index (χ0n) is 10.8. The van der Waals surface area contributed by atoms with Gasteiger partial charge < -0.3 is 9.47 Å². The number of ether oxygens (including phenoxy) is 2. The van der Waals surface area contributed by atoms with Crippen molar-refractivity contribution < 1.29 is 9.47 Å². The van der Waals surface area contributed by atoms with Crippen molar-refractivity contribution >= 4 is 39.1 Å². The van der Waals surface area contributed by atoms with E-state index in [1.807, 2.05) is 36.4 Å². The highest BCUT2D eigenvalue weighted by Gasteiger charge is 2.05. The van der Waals surface area contributed by atoms with Gasteiger partial charge in [0.2, 0.25) is 0 Å². The predicted molar refractivity (Wildman–Crippen MR) is 86.0 cm³/mol. The van der Waals surface area contributed by atoms with Gasteiger partial charge in [-0.15, -0.1) is 11.6 Å². The zero-order valence-corrected chi connectivity index (χ0v) is 13.9. The van der Waals surface area contributed by atoms with Crippen molar-refractivity contribution in [1.29, 1.82) is 0 Å². The number of halogens is 3. The van der Waals surface area contributed by atoms with E-state index in [1.165, 1.54) is 0 Å². The minimum Gasteiger partial charge on any atom is -0.496 e. The van der Waals surface area contributed by atoms with E-state index in [-0.39, 0.29) is 0 Å². The van der Waals surface area contributed by atoms with E-state index in [0.717, 1.165) is 21.3 Å². The smallest absolute Gasteiger partial charge is 0.138 e. The minimum atomic E-state index is 0.433. The number of rotatable bonds is 5. The molecule has 0 aliphatic heterocycles. The van der Waals surface area contributed by atoms with E-state index in [0.29, 0.717) is 23.3 Å². The molecule has 0 aliphatic carbocycles. The fraction of sp³-hybridized carbons (Fsp3) is 0.200. The van der Waals surface area contributed by atoms with Crippen LogP contribution in [0.1, 0.15) is 11.1 Å². The molecule has 0 saturated carbocycles. The average molecular weight is 376 g/mol. The van der Waals surface area contributed by atoms with Crippen LogP contribution in [0.4, 0.5) is 0 Å². The standard InChI is InChI=1S/C15H13BrCl2O2/c1-19-14-4-3-11(6-12(14)16)9-20-15-5-2-10(8-17)7-13(15)18/h2-7H,8-9H2,1H3. The van der Waals surface area contributed by atoms with E-state index >= 15 is 0 Å². The Labute approximate surface area is 136 Å². The monoisotopic (exact) mass is 374 g/mol. The third-order valence-electron chi connectivity index (χ3n) is 2.76. The van der Waals surface area contributed by atoms with E-state index in [1.54, 1.807) is 7.11 Å². The van der Waals surface area contributed by atoms with Gasteiger partial charge in [-0.25, -0.2) is 0 Å². The first-order valence-electron chi connectivity index (χ1n) is 5.93. The Hall–Kier alpha value is -0.900. The van der Waals surface area contributed by atoms with Gasteiger partial charge >= 0.3 is 0 Å². The Kier molecular flexibility index (Phi) is 5.58. The number of alkyl halides is 1. The normalized spacial score (nSPS) is 10.4. The second kappa shape index (κ2) is 7.21. The Balaban J connectivity index is 2.07. The molecule has 0 amide bonds. The second-order valence-corrected chi connectivity index (χ2v) is 5.68. The van der Waals surface area contributed by atoms with Gasteiger partial charge in [-0.05, 0) is 51.3 Å². The van der Waals surface area contributed by atoms with Gasteiger partial charge in [-0.2, -0.15) is 0 Å². The molecule has 0 aromatic heterocycles. The van der Waals surface area contributed by atoms with Crippen LogP contribution in [0, 0.1) is 0 Å². The summed E-state index contributed by atoms with van der Waals surface area (Å²) in [4.78, 5) is 0. The van der Waals surface area contributed by atoms with Crippen LogP contribution in [0.2, 0.25) is 5.02 Å². The third kappa shape index (κ3) is 3.81. The quantitative estimate of drug-likeness (QED) is 0.648. The number of methoxy groups -OCH3 is 1. The molecule has 106 valence electrons. The Morgan fingerprint density at radius 3 is 2.35 bits per heavy atom. The summed E-state index contributed by atoms with van der Waals surface area (Å²) in [6, 6.07) is 11.3. The van der Waals surface area contributed by atoms with Gasteiger partial charge in [0, 0.05) is 5.88 Å². The molecule has 2 nitrogen and oxygen atoms in total. The molecule has 5 heteroatoms. The van der Waals surface area contributed by atoms with E-state index < -0.39 is 0 Å². The number of hydrogen-bond donors (Lipinski definition) is 0. The Bertz CT molecular complexity index is 602. The summed E-state index contributed by atoms with van der Waals surface area (Å²) < 4.78 is 11.8. The number of hydrogen-bond acceptors (Lipinski definition) is 2. The maximum atomic E-state index is 6.14. The molecule has 0 bridgehead atoms. The van der Waals surface area contributed by atoms with E-state index in [9.17, 15) is 0 Å². The topological polar surface area (TPSA) is 18.5 Å². The van der Waals surface area contributed by atoms with Crippen molar-refractivity contribution in [3.8, 4) is 11.5 Å². The molecule has 0 N–H and O–H groups in total. The molecule has 20 heavy (non-hydrogen) atoms. The second-order valence-electron chi connectivity index (χ2n) is 4.16. The van der Waals surface area contributed by atoms with E-state index in [4.69, 9.17) is 32.7 Å². The molecular weight excluding hydrogens is 363 g/mol. The van der Waals surface area contributed by atoms with Crippen molar-refractivity contribution in [2.45, 2.75) is 12.5 Å². The predicted octanol–water partition coefficient (Wildman–Crippen LogP) is 5.43. The highest BCUT2D eigenvalue weighted by Crippen LogP contribution is 2.29. The molecule has 0 heterocycles. The van der Waals surface area contributed by atoms with Crippen LogP contribution in [0.15, 0.2) is 40.9 Å². The molecule has 0 aliphatic rings. The molecular formula is C15H13BrCl2O2. The maximum Gasteiger partial charge on any atom is 0.138 e.